The molecular weight excluding hydrogens is 354 g/mol. The molecule has 0 saturated carbocycles. The van der Waals surface area contributed by atoms with Gasteiger partial charge in [0.25, 0.3) is 0 Å². The van der Waals surface area contributed by atoms with Crippen molar-refractivity contribution in [3.63, 3.8) is 0 Å². The van der Waals surface area contributed by atoms with Crippen LogP contribution in [0.3, 0.4) is 0 Å². The maximum atomic E-state index is 13.2. The lowest BCUT2D eigenvalue weighted by molar-refractivity contribution is -0.133. The van der Waals surface area contributed by atoms with Gasteiger partial charge in [-0.3, -0.25) is 4.79 Å². The molecule has 3 aromatic rings. The second-order valence-corrected chi connectivity index (χ2v) is 7.35. The number of fused-ring (bicyclic) bond motifs is 1. The molecule has 1 atom stereocenters. The molecule has 3 heteroatoms. The average molecular weight is 376 g/mol. The van der Waals surface area contributed by atoms with Crippen LogP contribution in [0.4, 0.5) is 0 Å². The molecule has 0 bridgehead atoms. The number of amides is 1. The first kappa shape index (κ1) is 17.8. The van der Waals surface area contributed by atoms with Crippen molar-refractivity contribution in [2.45, 2.75) is 25.3 Å². The smallest absolute Gasteiger partial charge is 0.223 e. The van der Waals surface area contributed by atoms with Crippen molar-refractivity contribution in [2.24, 2.45) is 0 Å². The van der Waals surface area contributed by atoms with Crippen LogP contribution in [-0.4, -0.2) is 17.4 Å². The Bertz CT molecular complexity index is 938. The summed E-state index contributed by atoms with van der Waals surface area (Å²) in [5.41, 5.74) is 4.68. The molecule has 1 aliphatic heterocycles. The molecule has 0 N–H and O–H groups in total. The number of carbonyl (C=O) groups is 1. The summed E-state index contributed by atoms with van der Waals surface area (Å²) in [7, 11) is 0. The standard InChI is InChI=1S/C24H22ClNO/c25-22-13-7-6-12-21(22)24-20-11-5-4-10-19(20)16-17-26(24)23(27)15-14-18-8-2-1-3-9-18/h1-13,24H,14-17H2/t24-/m0/s1. The fourth-order valence-corrected chi connectivity index (χ4v) is 4.15. The van der Waals surface area contributed by atoms with Gasteiger partial charge in [-0.2, -0.15) is 0 Å². The maximum Gasteiger partial charge on any atom is 0.223 e. The molecule has 0 fully saturated rings. The molecule has 0 spiro atoms. The second kappa shape index (κ2) is 7.98. The lowest BCUT2D eigenvalue weighted by Crippen LogP contribution is -2.40. The molecule has 0 saturated heterocycles. The Balaban J connectivity index is 1.64. The Morgan fingerprint density at radius 3 is 2.33 bits per heavy atom. The first-order chi connectivity index (χ1) is 13.2. The van der Waals surface area contributed by atoms with Crippen LogP contribution < -0.4 is 0 Å². The summed E-state index contributed by atoms with van der Waals surface area (Å²) in [5.74, 6) is 0.179. The maximum absolute atomic E-state index is 13.2. The highest BCUT2D eigenvalue weighted by Crippen LogP contribution is 2.38. The number of carbonyl (C=O) groups excluding carboxylic acids is 1. The molecular formula is C24H22ClNO. The van der Waals surface area contributed by atoms with Crippen LogP contribution in [0.15, 0.2) is 78.9 Å². The highest BCUT2D eigenvalue weighted by Gasteiger charge is 2.32. The van der Waals surface area contributed by atoms with Crippen molar-refractivity contribution >= 4 is 17.5 Å². The van der Waals surface area contributed by atoms with Crippen molar-refractivity contribution in [3.05, 3.63) is 106 Å². The Morgan fingerprint density at radius 1 is 0.889 bits per heavy atom. The lowest BCUT2D eigenvalue weighted by atomic mass is 9.87. The van der Waals surface area contributed by atoms with Crippen molar-refractivity contribution < 1.29 is 4.79 Å². The highest BCUT2D eigenvalue weighted by atomic mass is 35.5. The molecule has 0 radical (unpaired) electrons. The normalized spacial score (nSPS) is 16.0. The number of hydrogen-bond acceptors (Lipinski definition) is 1. The van der Waals surface area contributed by atoms with Gasteiger partial charge in [-0.05, 0) is 41.2 Å². The van der Waals surface area contributed by atoms with Gasteiger partial charge in [-0.1, -0.05) is 84.4 Å². The number of rotatable bonds is 4. The second-order valence-electron chi connectivity index (χ2n) is 6.95. The zero-order valence-electron chi connectivity index (χ0n) is 15.1. The molecule has 1 aliphatic rings. The van der Waals surface area contributed by atoms with E-state index in [1.807, 2.05) is 53.4 Å². The summed E-state index contributed by atoms with van der Waals surface area (Å²) in [6.45, 7) is 0.723. The molecule has 1 heterocycles. The van der Waals surface area contributed by atoms with E-state index in [1.54, 1.807) is 0 Å². The number of aryl methyl sites for hydroxylation is 1. The first-order valence-electron chi connectivity index (χ1n) is 9.39. The Hall–Kier alpha value is -2.58. The van der Waals surface area contributed by atoms with Gasteiger partial charge < -0.3 is 4.90 Å². The van der Waals surface area contributed by atoms with Gasteiger partial charge in [0.1, 0.15) is 0 Å². The van der Waals surface area contributed by atoms with Crippen LogP contribution >= 0.6 is 11.6 Å². The summed E-state index contributed by atoms with van der Waals surface area (Å²) in [6, 6.07) is 26.3. The van der Waals surface area contributed by atoms with Gasteiger partial charge in [0.05, 0.1) is 6.04 Å². The zero-order valence-corrected chi connectivity index (χ0v) is 15.9. The number of benzene rings is 3. The van der Waals surface area contributed by atoms with Crippen LogP contribution in [0.25, 0.3) is 0 Å². The summed E-state index contributed by atoms with van der Waals surface area (Å²) < 4.78 is 0. The van der Waals surface area contributed by atoms with Gasteiger partial charge in [-0.15, -0.1) is 0 Å². The summed E-state index contributed by atoms with van der Waals surface area (Å²) >= 11 is 6.53. The number of halogens is 1. The van der Waals surface area contributed by atoms with E-state index in [0.717, 1.165) is 24.9 Å². The van der Waals surface area contributed by atoms with Crippen LogP contribution in [0.1, 0.15) is 34.7 Å². The molecule has 1 amide bonds. The van der Waals surface area contributed by atoms with Crippen molar-refractivity contribution in [1.29, 1.82) is 0 Å². The predicted octanol–water partition coefficient (Wildman–Crippen LogP) is 5.45. The first-order valence-corrected chi connectivity index (χ1v) is 9.77. The fourth-order valence-electron chi connectivity index (χ4n) is 3.91. The molecule has 0 aromatic heterocycles. The predicted molar refractivity (Wildman–Crippen MR) is 110 cm³/mol. The minimum atomic E-state index is -0.119. The van der Waals surface area contributed by atoms with Crippen molar-refractivity contribution in [2.75, 3.05) is 6.54 Å². The van der Waals surface area contributed by atoms with Crippen LogP contribution in [0.5, 0.6) is 0 Å². The zero-order chi connectivity index (χ0) is 18.6. The minimum absolute atomic E-state index is 0.119. The SMILES string of the molecule is O=C(CCc1ccccc1)N1CCc2ccccc2[C@H]1c1ccccc1Cl. The van der Waals surface area contributed by atoms with Gasteiger partial charge in [0.15, 0.2) is 0 Å². The van der Waals surface area contributed by atoms with E-state index < -0.39 is 0 Å². The van der Waals surface area contributed by atoms with E-state index >= 15 is 0 Å². The molecule has 4 rings (SSSR count). The topological polar surface area (TPSA) is 20.3 Å². The van der Waals surface area contributed by atoms with E-state index in [1.165, 1.54) is 16.7 Å². The third-order valence-corrected chi connectivity index (χ3v) is 5.62. The molecule has 2 nitrogen and oxygen atoms in total. The summed E-state index contributed by atoms with van der Waals surface area (Å²) in [4.78, 5) is 15.2. The number of hydrogen-bond donors (Lipinski definition) is 0. The Morgan fingerprint density at radius 2 is 1.56 bits per heavy atom. The molecule has 27 heavy (non-hydrogen) atoms. The minimum Gasteiger partial charge on any atom is -0.331 e. The van der Waals surface area contributed by atoms with Crippen LogP contribution in [0, 0.1) is 0 Å². The van der Waals surface area contributed by atoms with E-state index in [-0.39, 0.29) is 11.9 Å². The Kier molecular flexibility index (Phi) is 5.26. The number of nitrogens with zero attached hydrogens (tertiary/aromatic N) is 1. The largest absolute Gasteiger partial charge is 0.331 e. The fraction of sp³-hybridized carbons (Fsp3) is 0.208. The third-order valence-electron chi connectivity index (χ3n) is 5.27. The van der Waals surface area contributed by atoms with Gasteiger partial charge >= 0.3 is 0 Å². The summed E-state index contributed by atoms with van der Waals surface area (Å²) in [5, 5.41) is 0.708. The lowest BCUT2D eigenvalue weighted by Gasteiger charge is -2.38. The van der Waals surface area contributed by atoms with Crippen LogP contribution in [0.2, 0.25) is 5.02 Å². The molecule has 0 aliphatic carbocycles. The van der Waals surface area contributed by atoms with E-state index in [2.05, 4.69) is 30.3 Å². The van der Waals surface area contributed by atoms with Crippen molar-refractivity contribution in [1.82, 2.24) is 4.90 Å². The van der Waals surface area contributed by atoms with Gasteiger partial charge in [0, 0.05) is 18.0 Å². The molecule has 136 valence electrons. The van der Waals surface area contributed by atoms with E-state index in [4.69, 9.17) is 11.6 Å². The van der Waals surface area contributed by atoms with E-state index in [0.29, 0.717) is 11.4 Å². The van der Waals surface area contributed by atoms with Gasteiger partial charge in [0.2, 0.25) is 5.91 Å². The monoisotopic (exact) mass is 375 g/mol. The van der Waals surface area contributed by atoms with Gasteiger partial charge in [-0.25, -0.2) is 0 Å². The Labute approximate surface area is 165 Å². The van der Waals surface area contributed by atoms with E-state index in [9.17, 15) is 4.79 Å². The van der Waals surface area contributed by atoms with Crippen molar-refractivity contribution in [3.8, 4) is 0 Å². The quantitative estimate of drug-likeness (QED) is 0.594. The molecule has 0 unspecified atom stereocenters. The van der Waals surface area contributed by atoms with Crippen LogP contribution in [-0.2, 0) is 17.6 Å². The molecule has 3 aromatic carbocycles. The average Bonchev–Trinajstić information content (AvgIpc) is 2.72. The highest BCUT2D eigenvalue weighted by molar-refractivity contribution is 6.31. The third kappa shape index (κ3) is 3.77. The summed E-state index contributed by atoms with van der Waals surface area (Å²) in [6.07, 6.45) is 2.15.